The Hall–Kier alpha value is -3.27. The number of aromatic amines is 1. The fourth-order valence-corrected chi connectivity index (χ4v) is 4.46. The predicted octanol–water partition coefficient (Wildman–Crippen LogP) is 5.21. The van der Waals surface area contributed by atoms with E-state index >= 15 is 0 Å². The summed E-state index contributed by atoms with van der Waals surface area (Å²) in [6, 6.07) is 16.7. The van der Waals surface area contributed by atoms with Gasteiger partial charge in [0, 0.05) is 16.2 Å². The number of nitrogens with one attached hydrogen (secondary N) is 1. The van der Waals surface area contributed by atoms with Crippen molar-refractivity contribution >= 4 is 32.7 Å². The quantitative estimate of drug-likeness (QED) is 0.452. The van der Waals surface area contributed by atoms with Crippen LogP contribution in [0.15, 0.2) is 54.7 Å². The Balaban J connectivity index is 1.70. The maximum absolute atomic E-state index is 5.09. The fourth-order valence-electron chi connectivity index (χ4n) is 4.46. The summed E-state index contributed by atoms with van der Waals surface area (Å²) in [6.07, 6.45) is 6.53. The van der Waals surface area contributed by atoms with Crippen LogP contribution in [0, 0.1) is 0 Å². The van der Waals surface area contributed by atoms with Crippen LogP contribution >= 0.6 is 0 Å². The molecule has 1 aliphatic rings. The molecule has 4 heteroatoms. The van der Waals surface area contributed by atoms with Crippen molar-refractivity contribution in [1.29, 1.82) is 0 Å². The molecule has 1 aliphatic carbocycles. The van der Waals surface area contributed by atoms with E-state index in [1.807, 2.05) is 12.3 Å². The van der Waals surface area contributed by atoms with Crippen molar-refractivity contribution in [1.82, 2.24) is 20.2 Å². The molecule has 0 bridgehead atoms. The normalized spacial score (nSPS) is 14.1. The Morgan fingerprint density at radius 2 is 1.67 bits per heavy atom. The third kappa shape index (κ3) is 2.19. The minimum atomic E-state index is 0.973. The van der Waals surface area contributed by atoms with E-state index in [4.69, 9.17) is 9.97 Å². The molecular weight excluding hydrogens is 332 g/mol. The molecule has 5 aromatic rings. The van der Waals surface area contributed by atoms with Crippen LogP contribution in [0.4, 0.5) is 0 Å². The highest BCUT2D eigenvalue weighted by atomic mass is 15.1. The molecule has 130 valence electrons. The standard InChI is InChI=1S/C23H18N4/c1-4-8-18-14(5-1)9-10-21(25-18)23-16-7-3-2-6-15(16)22-17-13-24-27-19(17)11-12-20(22)26-23/h1,4-5,8-13H,2-3,6-7H2,(H,24,27). The molecule has 1 N–H and O–H groups in total. The van der Waals surface area contributed by atoms with Gasteiger partial charge in [0.1, 0.15) is 0 Å². The molecular formula is C23H18N4. The lowest BCUT2D eigenvalue weighted by molar-refractivity contribution is 0.689. The second kappa shape index (κ2) is 5.61. The van der Waals surface area contributed by atoms with Crippen molar-refractivity contribution in [3.63, 3.8) is 0 Å². The van der Waals surface area contributed by atoms with Crippen LogP contribution in [0.3, 0.4) is 0 Å². The number of benzene rings is 2. The molecule has 0 aliphatic heterocycles. The van der Waals surface area contributed by atoms with Gasteiger partial charge in [-0.1, -0.05) is 24.3 Å². The molecule has 6 rings (SSSR count). The monoisotopic (exact) mass is 350 g/mol. The van der Waals surface area contributed by atoms with Crippen LogP contribution in [0.2, 0.25) is 0 Å². The van der Waals surface area contributed by atoms with Gasteiger partial charge in [-0.2, -0.15) is 5.10 Å². The number of aryl methyl sites for hydroxylation is 1. The van der Waals surface area contributed by atoms with Gasteiger partial charge in [0.25, 0.3) is 0 Å². The number of hydrogen-bond donors (Lipinski definition) is 1. The summed E-state index contributed by atoms with van der Waals surface area (Å²) in [5.74, 6) is 0. The SMILES string of the molecule is c1ccc2nc(-c3nc4ccc5[nH]ncc5c4c4c3CCCC4)ccc2c1. The van der Waals surface area contributed by atoms with Gasteiger partial charge >= 0.3 is 0 Å². The third-order valence-electron chi connectivity index (χ3n) is 5.73. The molecule has 0 amide bonds. The van der Waals surface area contributed by atoms with Gasteiger partial charge in [-0.05, 0) is 61.1 Å². The summed E-state index contributed by atoms with van der Waals surface area (Å²) in [5.41, 5.74) is 7.95. The van der Waals surface area contributed by atoms with Gasteiger partial charge in [-0.25, -0.2) is 9.97 Å². The highest BCUT2D eigenvalue weighted by Crippen LogP contribution is 2.37. The first-order chi connectivity index (χ1) is 13.4. The van der Waals surface area contributed by atoms with Crippen molar-refractivity contribution in [2.75, 3.05) is 0 Å². The molecule has 0 unspecified atom stereocenters. The Labute approximate surface area is 156 Å². The summed E-state index contributed by atoms with van der Waals surface area (Å²) >= 11 is 0. The molecule has 3 heterocycles. The van der Waals surface area contributed by atoms with E-state index in [0.29, 0.717) is 0 Å². The first-order valence-electron chi connectivity index (χ1n) is 9.52. The van der Waals surface area contributed by atoms with Crippen LogP contribution in [-0.2, 0) is 12.8 Å². The molecule has 27 heavy (non-hydrogen) atoms. The van der Waals surface area contributed by atoms with Gasteiger partial charge in [0.05, 0.1) is 34.1 Å². The molecule has 0 atom stereocenters. The first-order valence-corrected chi connectivity index (χ1v) is 9.52. The van der Waals surface area contributed by atoms with Gasteiger partial charge in [0.15, 0.2) is 0 Å². The summed E-state index contributed by atoms with van der Waals surface area (Å²) in [7, 11) is 0. The molecule has 4 nitrogen and oxygen atoms in total. The van der Waals surface area contributed by atoms with Gasteiger partial charge in [-0.15, -0.1) is 0 Å². The second-order valence-electron chi connectivity index (χ2n) is 7.30. The van der Waals surface area contributed by atoms with Crippen LogP contribution < -0.4 is 0 Å². The van der Waals surface area contributed by atoms with E-state index in [2.05, 4.69) is 52.7 Å². The number of hydrogen-bond acceptors (Lipinski definition) is 3. The van der Waals surface area contributed by atoms with Crippen molar-refractivity contribution in [2.45, 2.75) is 25.7 Å². The van der Waals surface area contributed by atoms with Gasteiger partial charge in [-0.3, -0.25) is 5.10 Å². The Kier molecular flexibility index (Phi) is 3.09. The fraction of sp³-hybridized carbons (Fsp3) is 0.174. The number of pyridine rings is 2. The Morgan fingerprint density at radius 3 is 2.63 bits per heavy atom. The number of rotatable bonds is 1. The van der Waals surface area contributed by atoms with Crippen LogP contribution in [0.5, 0.6) is 0 Å². The maximum Gasteiger partial charge on any atom is 0.0928 e. The maximum atomic E-state index is 5.09. The zero-order chi connectivity index (χ0) is 17.8. The predicted molar refractivity (Wildman–Crippen MR) is 109 cm³/mol. The van der Waals surface area contributed by atoms with E-state index in [9.17, 15) is 0 Å². The zero-order valence-corrected chi connectivity index (χ0v) is 14.9. The average molecular weight is 350 g/mol. The third-order valence-corrected chi connectivity index (χ3v) is 5.73. The lowest BCUT2D eigenvalue weighted by atomic mass is 9.86. The first kappa shape index (κ1) is 14.9. The Bertz CT molecular complexity index is 1330. The van der Waals surface area contributed by atoms with Crippen LogP contribution in [0.25, 0.3) is 44.1 Å². The lowest BCUT2D eigenvalue weighted by Crippen LogP contribution is -2.08. The van der Waals surface area contributed by atoms with E-state index < -0.39 is 0 Å². The molecule has 0 fully saturated rings. The number of nitrogens with zero attached hydrogens (tertiary/aromatic N) is 3. The average Bonchev–Trinajstić information content (AvgIpc) is 3.21. The largest absolute Gasteiger partial charge is 0.278 e. The lowest BCUT2D eigenvalue weighted by Gasteiger charge is -2.21. The van der Waals surface area contributed by atoms with E-state index in [-0.39, 0.29) is 0 Å². The van der Waals surface area contributed by atoms with Crippen molar-refractivity contribution < 1.29 is 0 Å². The molecule has 0 spiro atoms. The highest BCUT2D eigenvalue weighted by Gasteiger charge is 2.21. The van der Waals surface area contributed by atoms with Gasteiger partial charge in [0.2, 0.25) is 0 Å². The summed E-state index contributed by atoms with van der Waals surface area (Å²) < 4.78 is 0. The van der Waals surface area contributed by atoms with E-state index in [0.717, 1.165) is 46.2 Å². The Morgan fingerprint density at radius 1 is 0.778 bits per heavy atom. The molecule has 0 radical (unpaired) electrons. The van der Waals surface area contributed by atoms with Crippen LogP contribution in [0.1, 0.15) is 24.0 Å². The number of para-hydroxylation sites is 1. The second-order valence-corrected chi connectivity index (χ2v) is 7.30. The summed E-state index contributed by atoms with van der Waals surface area (Å²) in [5, 5.41) is 10.9. The van der Waals surface area contributed by atoms with Crippen molar-refractivity contribution in [3.05, 3.63) is 65.9 Å². The molecule has 2 aromatic carbocycles. The number of aromatic nitrogens is 4. The smallest absolute Gasteiger partial charge is 0.0928 e. The van der Waals surface area contributed by atoms with E-state index in [1.165, 1.54) is 34.7 Å². The van der Waals surface area contributed by atoms with Gasteiger partial charge < -0.3 is 0 Å². The van der Waals surface area contributed by atoms with Crippen LogP contribution in [-0.4, -0.2) is 20.2 Å². The molecule has 0 saturated carbocycles. The van der Waals surface area contributed by atoms with Crippen molar-refractivity contribution in [2.24, 2.45) is 0 Å². The molecule has 0 saturated heterocycles. The minimum Gasteiger partial charge on any atom is -0.278 e. The highest BCUT2D eigenvalue weighted by molar-refractivity contribution is 6.07. The minimum absolute atomic E-state index is 0.973. The number of H-pyrrole nitrogens is 1. The number of fused-ring (bicyclic) bond motifs is 6. The topological polar surface area (TPSA) is 54.5 Å². The summed E-state index contributed by atoms with van der Waals surface area (Å²) in [6.45, 7) is 0. The molecule has 3 aromatic heterocycles. The van der Waals surface area contributed by atoms with E-state index in [1.54, 1.807) is 0 Å². The zero-order valence-electron chi connectivity index (χ0n) is 14.9. The summed E-state index contributed by atoms with van der Waals surface area (Å²) in [4.78, 5) is 10.0. The van der Waals surface area contributed by atoms with Crippen molar-refractivity contribution in [3.8, 4) is 11.4 Å².